The van der Waals surface area contributed by atoms with Crippen LogP contribution in [0.4, 0.5) is 0 Å². The molecule has 1 saturated heterocycles. The van der Waals surface area contributed by atoms with E-state index in [1.165, 1.54) is 0 Å². The fourth-order valence-electron chi connectivity index (χ4n) is 2.16. The molecule has 0 radical (unpaired) electrons. The van der Waals surface area contributed by atoms with Crippen LogP contribution in [0.3, 0.4) is 0 Å². The lowest BCUT2D eigenvalue weighted by Gasteiger charge is -2.14. The highest BCUT2D eigenvalue weighted by Gasteiger charge is 2.28. The van der Waals surface area contributed by atoms with E-state index < -0.39 is 0 Å². The van der Waals surface area contributed by atoms with E-state index in [-0.39, 0.29) is 11.8 Å². The summed E-state index contributed by atoms with van der Waals surface area (Å²) in [4.78, 5) is 16.3. The van der Waals surface area contributed by atoms with E-state index >= 15 is 0 Å². The number of hydrogen-bond acceptors (Lipinski definition) is 4. The number of aryl methyl sites for hydroxylation is 1. The minimum Gasteiger partial charge on any atom is -0.355 e. The number of aromatic nitrogens is 1. The molecule has 1 amide bonds. The van der Waals surface area contributed by atoms with Crippen LogP contribution >= 0.6 is 11.3 Å². The SMILES string of the molecule is Cc1csc(CCNC(=O)C2CCNC2C)n1. The fourth-order valence-corrected chi connectivity index (χ4v) is 2.93. The van der Waals surface area contributed by atoms with Crippen LogP contribution < -0.4 is 10.6 Å². The normalized spacial score (nSPS) is 23.9. The van der Waals surface area contributed by atoms with Gasteiger partial charge < -0.3 is 10.6 Å². The van der Waals surface area contributed by atoms with E-state index in [0.717, 1.165) is 30.1 Å². The number of rotatable bonds is 4. The molecule has 2 rings (SSSR count). The zero-order valence-corrected chi connectivity index (χ0v) is 11.1. The molecule has 2 atom stereocenters. The number of nitrogens with one attached hydrogen (secondary N) is 2. The fraction of sp³-hybridized carbons (Fsp3) is 0.667. The highest BCUT2D eigenvalue weighted by atomic mass is 32.1. The zero-order chi connectivity index (χ0) is 12.3. The van der Waals surface area contributed by atoms with E-state index in [0.29, 0.717) is 12.6 Å². The van der Waals surface area contributed by atoms with Crippen molar-refractivity contribution in [2.75, 3.05) is 13.1 Å². The third-order valence-electron chi connectivity index (χ3n) is 3.17. The molecule has 0 aromatic carbocycles. The maximum atomic E-state index is 11.9. The van der Waals surface area contributed by atoms with Crippen LogP contribution in [0.1, 0.15) is 24.0 Å². The van der Waals surface area contributed by atoms with Gasteiger partial charge in [0.25, 0.3) is 0 Å². The van der Waals surface area contributed by atoms with Crippen molar-refractivity contribution in [2.45, 2.75) is 32.7 Å². The second kappa shape index (κ2) is 5.60. The number of hydrogen-bond donors (Lipinski definition) is 2. The van der Waals surface area contributed by atoms with Crippen LogP contribution in [-0.2, 0) is 11.2 Å². The third kappa shape index (κ3) is 3.26. The molecule has 94 valence electrons. The van der Waals surface area contributed by atoms with Gasteiger partial charge in [-0.2, -0.15) is 0 Å². The van der Waals surface area contributed by atoms with Gasteiger partial charge in [0.2, 0.25) is 5.91 Å². The van der Waals surface area contributed by atoms with E-state index in [9.17, 15) is 4.79 Å². The van der Waals surface area contributed by atoms with Gasteiger partial charge in [0.05, 0.1) is 10.9 Å². The van der Waals surface area contributed by atoms with Crippen molar-refractivity contribution >= 4 is 17.2 Å². The van der Waals surface area contributed by atoms with E-state index in [1.807, 2.05) is 12.3 Å². The molecule has 1 fully saturated rings. The second-order valence-electron chi connectivity index (χ2n) is 4.56. The first-order chi connectivity index (χ1) is 8.16. The Morgan fingerprint density at radius 1 is 1.71 bits per heavy atom. The lowest BCUT2D eigenvalue weighted by atomic mass is 10.0. The van der Waals surface area contributed by atoms with Gasteiger partial charge in [0, 0.05) is 30.1 Å². The maximum Gasteiger partial charge on any atom is 0.224 e. The predicted molar refractivity (Wildman–Crippen MR) is 69.1 cm³/mol. The van der Waals surface area contributed by atoms with Crippen LogP contribution in [0.15, 0.2) is 5.38 Å². The summed E-state index contributed by atoms with van der Waals surface area (Å²) in [6.07, 6.45) is 1.78. The van der Waals surface area contributed by atoms with Crippen molar-refractivity contribution in [3.8, 4) is 0 Å². The topological polar surface area (TPSA) is 54.0 Å². The van der Waals surface area contributed by atoms with Crippen LogP contribution in [0.25, 0.3) is 0 Å². The largest absolute Gasteiger partial charge is 0.355 e. The molecule has 17 heavy (non-hydrogen) atoms. The van der Waals surface area contributed by atoms with Gasteiger partial charge in [-0.05, 0) is 26.8 Å². The highest BCUT2D eigenvalue weighted by Crippen LogP contribution is 2.15. The number of carbonyl (C=O) groups is 1. The number of amides is 1. The zero-order valence-electron chi connectivity index (χ0n) is 10.3. The Morgan fingerprint density at radius 2 is 2.53 bits per heavy atom. The Kier molecular flexibility index (Phi) is 4.12. The molecule has 2 unspecified atom stereocenters. The van der Waals surface area contributed by atoms with Crippen molar-refractivity contribution in [3.05, 3.63) is 16.1 Å². The Bertz CT molecular complexity index is 391. The summed E-state index contributed by atoms with van der Waals surface area (Å²) < 4.78 is 0. The van der Waals surface area contributed by atoms with Crippen LogP contribution in [0, 0.1) is 12.8 Å². The van der Waals surface area contributed by atoms with Gasteiger partial charge in [0.15, 0.2) is 0 Å². The summed E-state index contributed by atoms with van der Waals surface area (Å²) in [5, 5.41) is 9.43. The molecular weight excluding hydrogens is 234 g/mol. The molecule has 1 aromatic heterocycles. The maximum absolute atomic E-state index is 11.9. The van der Waals surface area contributed by atoms with Crippen molar-refractivity contribution in [2.24, 2.45) is 5.92 Å². The summed E-state index contributed by atoms with van der Waals surface area (Å²) in [6, 6.07) is 0.303. The molecule has 4 nitrogen and oxygen atoms in total. The number of nitrogens with zero attached hydrogens (tertiary/aromatic N) is 1. The first-order valence-electron chi connectivity index (χ1n) is 6.09. The lowest BCUT2D eigenvalue weighted by molar-refractivity contribution is -0.125. The molecule has 0 bridgehead atoms. The van der Waals surface area contributed by atoms with E-state index in [2.05, 4.69) is 22.5 Å². The number of thiazole rings is 1. The minimum atomic E-state index is 0.132. The lowest BCUT2D eigenvalue weighted by Crippen LogP contribution is -2.37. The van der Waals surface area contributed by atoms with Crippen LogP contribution in [0.5, 0.6) is 0 Å². The predicted octanol–water partition coefficient (Wildman–Crippen LogP) is 1.11. The van der Waals surface area contributed by atoms with Gasteiger partial charge in [-0.3, -0.25) is 4.79 Å². The van der Waals surface area contributed by atoms with Crippen molar-refractivity contribution in [3.63, 3.8) is 0 Å². The van der Waals surface area contributed by atoms with Crippen molar-refractivity contribution in [1.82, 2.24) is 15.6 Å². The first-order valence-corrected chi connectivity index (χ1v) is 6.97. The highest BCUT2D eigenvalue weighted by molar-refractivity contribution is 7.09. The standard InChI is InChI=1S/C12H19N3OS/c1-8-7-17-11(15-8)4-6-14-12(16)10-3-5-13-9(10)2/h7,9-10,13H,3-6H2,1-2H3,(H,14,16). The summed E-state index contributed by atoms with van der Waals surface area (Å²) >= 11 is 1.66. The van der Waals surface area contributed by atoms with Gasteiger partial charge in [-0.1, -0.05) is 0 Å². The molecule has 1 aliphatic rings. The van der Waals surface area contributed by atoms with Crippen molar-refractivity contribution < 1.29 is 4.79 Å². The average Bonchev–Trinajstić information content (AvgIpc) is 2.87. The summed E-state index contributed by atoms with van der Waals surface area (Å²) in [7, 11) is 0. The molecule has 0 spiro atoms. The van der Waals surface area contributed by atoms with Crippen LogP contribution in [-0.4, -0.2) is 30.0 Å². The molecule has 1 aromatic rings. The Morgan fingerprint density at radius 3 is 3.12 bits per heavy atom. The van der Waals surface area contributed by atoms with Gasteiger partial charge in [-0.15, -0.1) is 11.3 Å². The summed E-state index contributed by atoms with van der Waals surface area (Å²) in [6.45, 7) is 5.70. The molecule has 0 saturated carbocycles. The Hall–Kier alpha value is -0.940. The average molecular weight is 253 g/mol. The smallest absolute Gasteiger partial charge is 0.224 e. The summed E-state index contributed by atoms with van der Waals surface area (Å²) in [5.74, 6) is 0.309. The van der Waals surface area contributed by atoms with Crippen molar-refractivity contribution in [1.29, 1.82) is 0 Å². The molecule has 2 heterocycles. The molecule has 1 aliphatic heterocycles. The molecule has 2 N–H and O–H groups in total. The Balaban J connectivity index is 1.73. The quantitative estimate of drug-likeness (QED) is 0.845. The van der Waals surface area contributed by atoms with E-state index in [4.69, 9.17) is 0 Å². The monoisotopic (exact) mass is 253 g/mol. The van der Waals surface area contributed by atoms with Crippen LogP contribution in [0.2, 0.25) is 0 Å². The van der Waals surface area contributed by atoms with Gasteiger partial charge >= 0.3 is 0 Å². The Labute approximate surface area is 106 Å². The molecule has 5 heteroatoms. The third-order valence-corrected chi connectivity index (χ3v) is 4.19. The molecule has 0 aliphatic carbocycles. The molecular formula is C12H19N3OS. The van der Waals surface area contributed by atoms with Gasteiger partial charge in [0.1, 0.15) is 0 Å². The first kappa shape index (κ1) is 12.5. The van der Waals surface area contributed by atoms with E-state index in [1.54, 1.807) is 11.3 Å². The number of carbonyl (C=O) groups excluding carboxylic acids is 1. The summed E-state index contributed by atoms with van der Waals surface area (Å²) in [5.41, 5.74) is 1.06. The van der Waals surface area contributed by atoms with Gasteiger partial charge in [-0.25, -0.2) is 4.98 Å². The second-order valence-corrected chi connectivity index (χ2v) is 5.50. The minimum absolute atomic E-state index is 0.132.